The fourth-order valence-electron chi connectivity index (χ4n) is 2.51. The third-order valence-corrected chi connectivity index (χ3v) is 4.48. The number of aryl methyl sites for hydroxylation is 2. The summed E-state index contributed by atoms with van der Waals surface area (Å²) in [5.74, 6) is 0.420. The summed E-state index contributed by atoms with van der Waals surface area (Å²) in [6.45, 7) is 4.46. The molecule has 0 fully saturated rings. The molecule has 3 rings (SSSR count). The monoisotopic (exact) mass is 364 g/mol. The molecule has 4 nitrogen and oxygen atoms in total. The van der Waals surface area contributed by atoms with E-state index in [2.05, 4.69) is 23.3 Å². The fraction of sp³-hybridized carbons (Fsp3) is 0.143. The molecule has 2 aromatic carbocycles. The highest BCUT2D eigenvalue weighted by atomic mass is 32.1. The van der Waals surface area contributed by atoms with Crippen molar-refractivity contribution < 1.29 is 9.53 Å². The van der Waals surface area contributed by atoms with Gasteiger partial charge in [0.1, 0.15) is 12.4 Å². The average molecular weight is 364 g/mol. The first-order valence-corrected chi connectivity index (χ1v) is 9.21. The molecule has 0 unspecified atom stereocenters. The second-order valence-corrected chi connectivity index (χ2v) is 6.67. The standard InChI is InChI=1S/C21H20N2O2S/c1-15-7-8-17(16(2)11-15)9-10-21(24)23-19-5-3-4-6-20(19)25-12-18-13-26-14-22-18/h3-11,13-14H,12H2,1-2H3,(H,23,24)/b10-9+. The summed E-state index contributed by atoms with van der Waals surface area (Å²) in [7, 11) is 0. The summed E-state index contributed by atoms with van der Waals surface area (Å²) < 4.78 is 5.78. The van der Waals surface area contributed by atoms with Crippen molar-refractivity contribution in [3.8, 4) is 5.75 Å². The van der Waals surface area contributed by atoms with Gasteiger partial charge >= 0.3 is 0 Å². The van der Waals surface area contributed by atoms with E-state index in [1.807, 2.05) is 54.8 Å². The molecule has 0 aliphatic carbocycles. The highest BCUT2D eigenvalue weighted by Gasteiger charge is 2.06. The molecular formula is C21H20N2O2S. The SMILES string of the molecule is Cc1ccc(/C=C/C(=O)Nc2ccccc2OCc2cscn2)c(C)c1. The Morgan fingerprint density at radius 2 is 2.08 bits per heavy atom. The number of amides is 1. The first-order chi connectivity index (χ1) is 12.6. The Balaban J connectivity index is 1.66. The Hall–Kier alpha value is -2.92. The van der Waals surface area contributed by atoms with Crippen LogP contribution in [0.4, 0.5) is 5.69 Å². The van der Waals surface area contributed by atoms with Crippen LogP contribution in [-0.2, 0) is 11.4 Å². The van der Waals surface area contributed by atoms with Crippen LogP contribution in [0.1, 0.15) is 22.4 Å². The number of para-hydroxylation sites is 2. The molecule has 0 saturated carbocycles. The average Bonchev–Trinajstić information content (AvgIpc) is 3.14. The van der Waals surface area contributed by atoms with Crippen LogP contribution in [0.5, 0.6) is 5.75 Å². The van der Waals surface area contributed by atoms with E-state index in [0.717, 1.165) is 16.8 Å². The van der Waals surface area contributed by atoms with Crippen LogP contribution in [-0.4, -0.2) is 10.9 Å². The third kappa shape index (κ3) is 4.80. The van der Waals surface area contributed by atoms with Crippen LogP contribution in [0.15, 0.2) is 59.4 Å². The molecule has 3 aromatic rings. The number of anilines is 1. The molecule has 0 aliphatic heterocycles. The number of carbonyl (C=O) groups excluding carboxylic acids is 1. The Kier molecular flexibility index (Phi) is 5.81. The van der Waals surface area contributed by atoms with Crippen molar-refractivity contribution in [2.24, 2.45) is 0 Å². The molecule has 26 heavy (non-hydrogen) atoms. The number of ether oxygens (including phenoxy) is 1. The largest absolute Gasteiger partial charge is 0.485 e. The zero-order chi connectivity index (χ0) is 18.4. The highest BCUT2D eigenvalue weighted by Crippen LogP contribution is 2.25. The first-order valence-electron chi connectivity index (χ1n) is 8.27. The van der Waals surface area contributed by atoms with Crippen molar-refractivity contribution in [2.75, 3.05) is 5.32 Å². The summed E-state index contributed by atoms with van der Waals surface area (Å²) in [6, 6.07) is 13.5. The summed E-state index contributed by atoms with van der Waals surface area (Å²) in [6.07, 6.45) is 3.36. The number of nitrogens with one attached hydrogen (secondary N) is 1. The molecule has 5 heteroatoms. The topological polar surface area (TPSA) is 51.2 Å². The van der Waals surface area contributed by atoms with Gasteiger partial charge in [-0.3, -0.25) is 4.79 Å². The van der Waals surface area contributed by atoms with E-state index in [0.29, 0.717) is 18.0 Å². The van der Waals surface area contributed by atoms with E-state index in [9.17, 15) is 4.79 Å². The molecule has 0 bridgehead atoms. The molecule has 0 atom stereocenters. The van der Waals surface area contributed by atoms with Crippen LogP contribution >= 0.6 is 11.3 Å². The van der Waals surface area contributed by atoms with Crippen molar-refractivity contribution in [1.29, 1.82) is 0 Å². The van der Waals surface area contributed by atoms with E-state index in [4.69, 9.17) is 4.74 Å². The highest BCUT2D eigenvalue weighted by molar-refractivity contribution is 7.07. The van der Waals surface area contributed by atoms with Crippen molar-refractivity contribution in [3.63, 3.8) is 0 Å². The Bertz CT molecular complexity index is 918. The Morgan fingerprint density at radius 1 is 1.23 bits per heavy atom. The predicted molar refractivity (Wildman–Crippen MR) is 106 cm³/mol. The Morgan fingerprint density at radius 3 is 2.85 bits per heavy atom. The van der Waals surface area contributed by atoms with Gasteiger partial charge in [-0.1, -0.05) is 35.9 Å². The number of carbonyl (C=O) groups is 1. The lowest BCUT2D eigenvalue weighted by Crippen LogP contribution is -2.09. The summed E-state index contributed by atoms with van der Waals surface area (Å²) in [5, 5.41) is 4.81. The second kappa shape index (κ2) is 8.45. The van der Waals surface area contributed by atoms with E-state index in [-0.39, 0.29) is 5.91 Å². The maximum Gasteiger partial charge on any atom is 0.248 e. The summed E-state index contributed by atoms with van der Waals surface area (Å²) in [5.41, 5.74) is 6.64. The van der Waals surface area contributed by atoms with E-state index >= 15 is 0 Å². The molecule has 1 N–H and O–H groups in total. The van der Waals surface area contributed by atoms with E-state index < -0.39 is 0 Å². The molecular weight excluding hydrogens is 344 g/mol. The van der Waals surface area contributed by atoms with Crippen LogP contribution in [0, 0.1) is 13.8 Å². The van der Waals surface area contributed by atoms with Gasteiger partial charge in [-0.15, -0.1) is 11.3 Å². The van der Waals surface area contributed by atoms with Crippen LogP contribution < -0.4 is 10.1 Å². The number of hydrogen-bond acceptors (Lipinski definition) is 4. The normalized spacial score (nSPS) is 10.8. The van der Waals surface area contributed by atoms with Crippen LogP contribution in [0.25, 0.3) is 6.08 Å². The van der Waals surface area contributed by atoms with Gasteiger partial charge in [0.25, 0.3) is 0 Å². The summed E-state index contributed by atoms with van der Waals surface area (Å²) in [4.78, 5) is 16.5. The molecule has 0 aliphatic rings. The number of thiazole rings is 1. The lowest BCUT2D eigenvalue weighted by molar-refractivity contribution is -0.111. The zero-order valence-corrected chi connectivity index (χ0v) is 15.5. The first kappa shape index (κ1) is 17.9. The van der Waals surface area contributed by atoms with Crippen molar-refractivity contribution >= 4 is 29.0 Å². The second-order valence-electron chi connectivity index (χ2n) is 5.95. The Labute approximate surface area is 157 Å². The lowest BCUT2D eigenvalue weighted by Gasteiger charge is -2.10. The molecule has 132 valence electrons. The number of aromatic nitrogens is 1. The van der Waals surface area contributed by atoms with Gasteiger partial charge in [-0.25, -0.2) is 4.98 Å². The smallest absolute Gasteiger partial charge is 0.248 e. The number of hydrogen-bond donors (Lipinski definition) is 1. The minimum absolute atomic E-state index is 0.199. The maximum atomic E-state index is 12.3. The molecule has 1 amide bonds. The van der Waals surface area contributed by atoms with Crippen molar-refractivity contribution in [1.82, 2.24) is 4.98 Å². The van der Waals surface area contributed by atoms with Gasteiger partial charge in [0.2, 0.25) is 5.91 Å². The van der Waals surface area contributed by atoms with E-state index in [1.54, 1.807) is 5.51 Å². The van der Waals surface area contributed by atoms with Gasteiger partial charge in [0, 0.05) is 11.5 Å². The van der Waals surface area contributed by atoms with Gasteiger partial charge in [0.15, 0.2) is 0 Å². The quantitative estimate of drug-likeness (QED) is 0.627. The minimum Gasteiger partial charge on any atom is -0.485 e. The number of nitrogens with zero attached hydrogens (tertiary/aromatic N) is 1. The number of rotatable bonds is 6. The van der Waals surface area contributed by atoms with Crippen LogP contribution in [0.2, 0.25) is 0 Å². The maximum absolute atomic E-state index is 12.3. The fourth-order valence-corrected chi connectivity index (χ4v) is 3.05. The molecule has 0 radical (unpaired) electrons. The lowest BCUT2D eigenvalue weighted by atomic mass is 10.1. The van der Waals surface area contributed by atoms with Gasteiger partial charge < -0.3 is 10.1 Å². The van der Waals surface area contributed by atoms with Gasteiger partial charge in [-0.2, -0.15) is 0 Å². The van der Waals surface area contributed by atoms with Gasteiger partial charge in [0.05, 0.1) is 16.9 Å². The summed E-state index contributed by atoms with van der Waals surface area (Å²) >= 11 is 1.53. The zero-order valence-electron chi connectivity index (χ0n) is 14.7. The number of benzene rings is 2. The van der Waals surface area contributed by atoms with Crippen molar-refractivity contribution in [3.05, 3.63) is 81.8 Å². The minimum atomic E-state index is -0.199. The molecule has 0 spiro atoms. The predicted octanol–water partition coefficient (Wildman–Crippen LogP) is 4.99. The molecule has 1 heterocycles. The third-order valence-electron chi connectivity index (χ3n) is 3.84. The van der Waals surface area contributed by atoms with Crippen molar-refractivity contribution in [2.45, 2.75) is 20.5 Å². The molecule has 1 aromatic heterocycles. The van der Waals surface area contributed by atoms with E-state index in [1.165, 1.54) is 23.0 Å². The molecule has 0 saturated heterocycles. The van der Waals surface area contributed by atoms with Gasteiger partial charge in [-0.05, 0) is 43.2 Å². The van der Waals surface area contributed by atoms with Crippen LogP contribution in [0.3, 0.4) is 0 Å².